The van der Waals surface area contributed by atoms with E-state index < -0.39 is 0 Å². The molecule has 0 aliphatic heterocycles. The summed E-state index contributed by atoms with van der Waals surface area (Å²) in [5.41, 5.74) is 2.15. The van der Waals surface area contributed by atoms with E-state index in [9.17, 15) is 0 Å². The van der Waals surface area contributed by atoms with Crippen LogP contribution in [0, 0.1) is 0 Å². The van der Waals surface area contributed by atoms with Crippen LogP contribution in [0.1, 0.15) is 31.9 Å². The summed E-state index contributed by atoms with van der Waals surface area (Å²) in [6.45, 7) is 7.78. The molecule has 0 radical (unpaired) electrons. The highest BCUT2D eigenvalue weighted by Crippen LogP contribution is 2.39. The van der Waals surface area contributed by atoms with Crippen LogP contribution in [0.5, 0.6) is 17.2 Å². The van der Waals surface area contributed by atoms with Gasteiger partial charge in [-0.2, -0.15) is 5.10 Å². The molecule has 1 aromatic carbocycles. The summed E-state index contributed by atoms with van der Waals surface area (Å²) < 4.78 is 18.2. The number of rotatable bonds is 7. The maximum absolute atomic E-state index is 5.50. The van der Waals surface area contributed by atoms with Gasteiger partial charge in [0.15, 0.2) is 11.5 Å². The van der Waals surface area contributed by atoms with Crippen molar-refractivity contribution in [3.8, 4) is 17.2 Å². The first-order chi connectivity index (χ1) is 11.4. The molecule has 1 N–H and O–H groups in total. The van der Waals surface area contributed by atoms with Crippen molar-refractivity contribution in [1.29, 1.82) is 0 Å². The zero-order chi connectivity index (χ0) is 17.7. The molecule has 2 aromatic rings. The van der Waals surface area contributed by atoms with Crippen LogP contribution in [-0.4, -0.2) is 31.1 Å². The van der Waals surface area contributed by atoms with Crippen molar-refractivity contribution >= 4 is 0 Å². The Bertz CT molecular complexity index is 675. The van der Waals surface area contributed by atoms with Crippen LogP contribution < -0.4 is 19.5 Å². The maximum Gasteiger partial charge on any atom is 0.203 e. The highest BCUT2D eigenvalue weighted by Gasteiger charge is 2.16. The first-order valence-electron chi connectivity index (χ1n) is 7.93. The molecule has 6 heteroatoms. The van der Waals surface area contributed by atoms with Gasteiger partial charge < -0.3 is 19.5 Å². The first kappa shape index (κ1) is 18.1. The number of benzene rings is 1. The number of hydrogen-bond donors (Lipinski definition) is 1. The third kappa shape index (κ3) is 4.00. The molecule has 1 aromatic heterocycles. The summed E-state index contributed by atoms with van der Waals surface area (Å²) in [6, 6.07) is 3.86. The first-order valence-corrected chi connectivity index (χ1v) is 7.93. The monoisotopic (exact) mass is 333 g/mol. The minimum atomic E-state index is -0.00911. The molecular weight excluding hydrogens is 306 g/mol. The van der Waals surface area contributed by atoms with Crippen LogP contribution in [0.4, 0.5) is 0 Å². The summed E-state index contributed by atoms with van der Waals surface area (Å²) in [6.07, 6.45) is 3.96. The van der Waals surface area contributed by atoms with E-state index in [1.165, 1.54) is 0 Å². The predicted octanol–water partition coefficient (Wildman–Crippen LogP) is 2.95. The summed E-state index contributed by atoms with van der Waals surface area (Å²) in [5, 5.41) is 7.83. The van der Waals surface area contributed by atoms with Crippen molar-refractivity contribution in [2.24, 2.45) is 0 Å². The standard InChI is InChI=1S/C18H27N3O3/c1-18(2,3)21-12-13(10-20-21)9-19-11-14-7-8-15(22-4)17(24-6)16(14)23-5/h7-8,10,12,19H,9,11H2,1-6H3. The maximum atomic E-state index is 5.50. The van der Waals surface area contributed by atoms with E-state index >= 15 is 0 Å². The lowest BCUT2D eigenvalue weighted by Gasteiger charge is -2.18. The topological polar surface area (TPSA) is 57.5 Å². The molecule has 0 aliphatic rings. The molecule has 0 saturated carbocycles. The third-order valence-electron chi connectivity index (χ3n) is 3.75. The van der Waals surface area contributed by atoms with Gasteiger partial charge in [-0.1, -0.05) is 6.07 Å². The fourth-order valence-electron chi connectivity index (χ4n) is 2.46. The molecule has 0 saturated heterocycles. The van der Waals surface area contributed by atoms with E-state index in [0.717, 1.165) is 17.7 Å². The predicted molar refractivity (Wildman–Crippen MR) is 93.9 cm³/mol. The van der Waals surface area contributed by atoms with Gasteiger partial charge in [0.25, 0.3) is 0 Å². The number of nitrogens with one attached hydrogen (secondary N) is 1. The molecule has 0 amide bonds. The Morgan fingerprint density at radius 3 is 2.25 bits per heavy atom. The average Bonchev–Trinajstić information content (AvgIpc) is 3.03. The molecule has 0 fully saturated rings. The number of ether oxygens (including phenoxy) is 3. The Kier molecular flexibility index (Phi) is 5.72. The Balaban J connectivity index is 2.05. The molecular formula is C18H27N3O3. The summed E-state index contributed by atoms with van der Waals surface area (Å²) >= 11 is 0. The van der Waals surface area contributed by atoms with Gasteiger partial charge in [-0.15, -0.1) is 0 Å². The summed E-state index contributed by atoms with van der Waals surface area (Å²) in [5.74, 6) is 1.96. The van der Waals surface area contributed by atoms with Gasteiger partial charge in [-0.25, -0.2) is 0 Å². The van der Waals surface area contributed by atoms with E-state index in [-0.39, 0.29) is 5.54 Å². The van der Waals surface area contributed by atoms with Crippen LogP contribution >= 0.6 is 0 Å². The number of nitrogens with zero attached hydrogens (tertiary/aromatic N) is 2. The second kappa shape index (κ2) is 7.57. The lowest BCUT2D eigenvalue weighted by molar-refractivity contribution is 0.321. The van der Waals surface area contributed by atoms with Gasteiger partial charge in [0, 0.05) is 30.4 Å². The zero-order valence-electron chi connectivity index (χ0n) is 15.3. The van der Waals surface area contributed by atoms with Gasteiger partial charge in [-0.3, -0.25) is 4.68 Å². The fraction of sp³-hybridized carbons (Fsp3) is 0.500. The van der Waals surface area contributed by atoms with Crippen LogP contribution in [0.3, 0.4) is 0 Å². The second-order valence-corrected chi connectivity index (χ2v) is 6.56. The van der Waals surface area contributed by atoms with E-state index in [4.69, 9.17) is 14.2 Å². The van der Waals surface area contributed by atoms with Gasteiger partial charge in [0.1, 0.15) is 0 Å². The molecule has 0 spiro atoms. The van der Waals surface area contributed by atoms with E-state index in [2.05, 4.69) is 37.4 Å². The zero-order valence-corrected chi connectivity index (χ0v) is 15.3. The Morgan fingerprint density at radius 1 is 1.00 bits per heavy atom. The largest absolute Gasteiger partial charge is 0.493 e. The Labute approximate surface area is 143 Å². The van der Waals surface area contributed by atoms with E-state index in [0.29, 0.717) is 23.8 Å². The van der Waals surface area contributed by atoms with Crippen LogP contribution in [0.15, 0.2) is 24.5 Å². The summed E-state index contributed by atoms with van der Waals surface area (Å²) in [7, 11) is 4.86. The Morgan fingerprint density at radius 2 is 1.71 bits per heavy atom. The van der Waals surface area contributed by atoms with Crippen molar-refractivity contribution in [1.82, 2.24) is 15.1 Å². The average molecular weight is 333 g/mol. The van der Waals surface area contributed by atoms with Crippen molar-refractivity contribution in [3.05, 3.63) is 35.7 Å². The smallest absolute Gasteiger partial charge is 0.203 e. The van der Waals surface area contributed by atoms with Crippen molar-refractivity contribution in [3.63, 3.8) is 0 Å². The van der Waals surface area contributed by atoms with Gasteiger partial charge in [0.05, 0.1) is 33.1 Å². The van der Waals surface area contributed by atoms with E-state index in [1.54, 1.807) is 21.3 Å². The van der Waals surface area contributed by atoms with Crippen molar-refractivity contribution < 1.29 is 14.2 Å². The minimum Gasteiger partial charge on any atom is -0.493 e. The van der Waals surface area contributed by atoms with Crippen LogP contribution in [-0.2, 0) is 18.6 Å². The van der Waals surface area contributed by atoms with Crippen LogP contribution in [0.25, 0.3) is 0 Å². The minimum absolute atomic E-state index is 0.00911. The van der Waals surface area contributed by atoms with Crippen molar-refractivity contribution in [2.45, 2.75) is 39.4 Å². The van der Waals surface area contributed by atoms with Crippen LogP contribution in [0.2, 0.25) is 0 Å². The molecule has 0 bridgehead atoms. The number of hydrogen-bond acceptors (Lipinski definition) is 5. The molecule has 2 rings (SSSR count). The fourth-order valence-corrected chi connectivity index (χ4v) is 2.46. The quantitative estimate of drug-likeness (QED) is 0.844. The molecule has 132 valence electrons. The van der Waals surface area contributed by atoms with Gasteiger partial charge in [-0.05, 0) is 26.8 Å². The molecule has 0 aliphatic carbocycles. The molecule has 0 atom stereocenters. The lowest BCUT2D eigenvalue weighted by atomic mass is 10.1. The number of aromatic nitrogens is 2. The molecule has 1 heterocycles. The van der Waals surface area contributed by atoms with E-state index in [1.807, 2.05) is 23.0 Å². The van der Waals surface area contributed by atoms with Gasteiger partial charge in [0.2, 0.25) is 5.75 Å². The molecule has 0 unspecified atom stereocenters. The highest BCUT2D eigenvalue weighted by molar-refractivity contribution is 5.55. The third-order valence-corrected chi connectivity index (χ3v) is 3.75. The highest BCUT2D eigenvalue weighted by atomic mass is 16.5. The SMILES string of the molecule is COc1ccc(CNCc2cnn(C(C)(C)C)c2)c(OC)c1OC. The number of methoxy groups -OCH3 is 3. The van der Waals surface area contributed by atoms with Crippen molar-refractivity contribution in [2.75, 3.05) is 21.3 Å². The molecule has 24 heavy (non-hydrogen) atoms. The summed E-state index contributed by atoms with van der Waals surface area (Å²) in [4.78, 5) is 0. The normalized spacial score (nSPS) is 11.4. The second-order valence-electron chi connectivity index (χ2n) is 6.56. The lowest BCUT2D eigenvalue weighted by Crippen LogP contribution is -2.22. The Hall–Kier alpha value is -2.21. The van der Waals surface area contributed by atoms with Gasteiger partial charge >= 0.3 is 0 Å². The molecule has 6 nitrogen and oxygen atoms in total.